The molecule has 2 aromatic rings. The molecule has 2 N–H and O–H groups in total. The fourth-order valence-corrected chi connectivity index (χ4v) is 4.40. The zero-order valence-electron chi connectivity index (χ0n) is 19.5. The van der Waals surface area contributed by atoms with Gasteiger partial charge in [0.05, 0.1) is 20.1 Å². The van der Waals surface area contributed by atoms with Crippen molar-refractivity contribution < 1.29 is 14.2 Å². The van der Waals surface area contributed by atoms with Crippen molar-refractivity contribution in [2.45, 2.75) is 25.8 Å². The largest absolute Gasteiger partial charge is 0.497 e. The van der Waals surface area contributed by atoms with Gasteiger partial charge in [0.15, 0.2) is 0 Å². The minimum atomic E-state index is -0.302. The third-order valence-electron chi connectivity index (χ3n) is 6.16. The second-order valence-corrected chi connectivity index (χ2v) is 8.50. The van der Waals surface area contributed by atoms with Crippen LogP contribution in [0.4, 0.5) is 0 Å². The standard InChI is InChI=1S/C27H29N3O3/c1-17(2)30-15-20(11-18-7-5-9-21(12-18)31-3)26-24(16-30)25(23(14-28)27(29)33-26)19-8-6-10-22(13-19)32-4/h5-13,17,25H,15-16,29H2,1-4H3/b20-11+. The Balaban J connectivity index is 1.89. The van der Waals surface area contributed by atoms with E-state index >= 15 is 0 Å². The maximum atomic E-state index is 9.98. The van der Waals surface area contributed by atoms with E-state index in [0.29, 0.717) is 24.7 Å². The normalized spacial score (nSPS) is 19.9. The predicted octanol–water partition coefficient (Wildman–Crippen LogP) is 4.57. The van der Waals surface area contributed by atoms with Crippen molar-refractivity contribution in [3.8, 4) is 17.6 Å². The zero-order valence-corrected chi connectivity index (χ0v) is 19.5. The molecule has 0 spiro atoms. The van der Waals surface area contributed by atoms with E-state index in [-0.39, 0.29) is 11.8 Å². The summed E-state index contributed by atoms with van der Waals surface area (Å²) in [6.45, 7) is 5.75. The lowest BCUT2D eigenvalue weighted by Gasteiger charge is -2.40. The van der Waals surface area contributed by atoms with Crippen molar-refractivity contribution in [3.63, 3.8) is 0 Å². The second-order valence-electron chi connectivity index (χ2n) is 8.50. The number of ether oxygens (including phenoxy) is 3. The van der Waals surface area contributed by atoms with Gasteiger partial charge in [-0.1, -0.05) is 24.3 Å². The van der Waals surface area contributed by atoms with Gasteiger partial charge in [0, 0.05) is 24.7 Å². The summed E-state index contributed by atoms with van der Waals surface area (Å²) in [4.78, 5) is 2.37. The fourth-order valence-electron chi connectivity index (χ4n) is 4.40. The van der Waals surface area contributed by atoms with E-state index in [1.54, 1.807) is 14.2 Å². The number of rotatable bonds is 5. The lowest BCUT2D eigenvalue weighted by Crippen LogP contribution is -2.41. The Morgan fingerprint density at radius 1 is 1.09 bits per heavy atom. The number of hydrogen-bond acceptors (Lipinski definition) is 6. The highest BCUT2D eigenvalue weighted by Gasteiger charge is 2.38. The van der Waals surface area contributed by atoms with E-state index in [1.165, 1.54) is 0 Å². The maximum Gasteiger partial charge on any atom is 0.205 e. The SMILES string of the molecule is COc1cccc(/C=C2\CN(C(C)C)CC3=C2OC(N)=C(C#N)C3c2cccc(OC)c2)c1. The van der Waals surface area contributed by atoms with Crippen LogP contribution >= 0.6 is 0 Å². The van der Waals surface area contributed by atoms with E-state index in [2.05, 4.69) is 30.9 Å². The quantitative estimate of drug-likeness (QED) is 0.729. The van der Waals surface area contributed by atoms with Gasteiger partial charge in [0.2, 0.25) is 5.88 Å². The van der Waals surface area contributed by atoms with Crippen LogP contribution in [-0.4, -0.2) is 38.3 Å². The molecule has 0 bridgehead atoms. The van der Waals surface area contributed by atoms with Gasteiger partial charge in [0.1, 0.15) is 28.9 Å². The molecular weight excluding hydrogens is 414 g/mol. The topological polar surface area (TPSA) is 80.7 Å². The number of allylic oxidation sites excluding steroid dienone is 1. The summed E-state index contributed by atoms with van der Waals surface area (Å²) in [6.07, 6.45) is 2.11. The van der Waals surface area contributed by atoms with Gasteiger partial charge in [-0.3, -0.25) is 4.90 Å². The molecule has 1 atom stereocenters. The lowest BCUT2D eigenvalue weighted by atomic mass is 9.80. The van der Waals surface area contributed by atoms with Crippen molar-refractivity contribution in [1.29, 1.82) is 5.26 Å². The molecule has 0 fully saturated rings. The monoisotopic (exact) mass is 443 g/mol. The van der Waals surface area contributed by atoms with Crippen molar-refractivity contribution in [1.82, 2.24) is 4.90 Å². The molecule has 0 saturated carbocycles. The number of benzene rings is 2. The number of nitrogens with zero attached hydrogens (tertiary/aromatic N) is 2. The zero-order chi connectivity index (χ0) is 23.5. The van der Waals surface area contributed by atoms with Crippen molar-refractivity contribution >= 4 is 6.08 Å². The molecule has 33 heavy (non-hydrogen) atoms. The van der Waals surface area contributed by atoms with Gasteiger partial charge in [-0.2, -0.15) is 5.26 Å². The molecule has 0 aromatic heterocycles. The van der Waals surface area contributed by atoms with E-state index in [0.717, 1.165) is 39.5 Å². The molecule has 0 radical (unpaired) electrons. The van der Waals surface area contributed by atoms with E-state index in [9.17, 15) is 5.26 Å². The van der Waals surface area contributed by atoms with Crippen LogP contribution in [0, 0.1) is 11.3 Å². The van der Waals surface area contributed by atoms with Gasteiger partial charge >= 0.3 is 0 Å². The Hall–Kier alpha value is -3.69. The minimum absolute atomic E-state index is 0.151. The van der Waals surface area contributed by atoms with Crippen molar-refractivity contribution in [2.75, 3.05) is 27.3 Å². The highest BCUT2D eigenvalue weighted by Crippen LogP contribution is 2.44. The van der Waals surface area contributed by atoms with Gasteiger partial charge in [-0.05, 0) is 60.9 Å². The molecular formula is C27H29N3O3. The molecule has 2 heterocycles. The summed E-state index contributed by atoms with van der Waals surface area (Å²) >= 11 is 0. The molecule has 170 valence electrons. The summed E-state index contributed by atoms with van der Waals surface area (Å²) < 4.78 is 17.0. The van der Waals surface area contributed by atoms with Crippen LogP contribution < -0.4 is 15.2 Å². The van der Waals surface area contributed by atoms with Crippen LogP contribution in [0.25, 0.3) is 6.08 Å². The Kier molecular flexibility index (Phi) is 6.43. The maximum absolute atomic E-state index is 9.98. The second kappa shape index (κ2) is 9.43. The highest BCUT2D eigenvalue weighted by molar-refractivity contribution is 5.64. The summed E-state index contributed by atoms with van der Waals surface area (Å²) in [5.74, 6) is 2.13. The third kappa shape index (κ3) is 4.46. The predicted molar refractivity (Wildman–Crippen MR) is 128 cm³/mol. The Bertz CT molecular complexity index is 1190. The molecule has 0 aliphatic carbocycles. The Morgan fingerprint density at radius 2 is 1.79 bits per heavy atom. The van der Waals surface area contributed by atoms with Crippen LogP contribution in [0.5, 0.6) is 11.5 Å². The average Bonchev–Trinajstić information content (AvgIpc) is 2.83. The van der Waals surface area contributed by atoms with Gasteiger partial charge in [0.25, 0.3) is 0 Å². The summed E-state index contributed by atoms with van der Waals surface area (Å²) in [5, 5.41) is 9.98. The van der Waals surface area contributed by atoms with Gasteiger partial charge < -0.3 is 19.9 Å². The van der Waals surface area contributed by atoms with Gasteiger partial charge in [-0.15, -0.1) is 0 Å². The third-order valence-corrected chi connectivity index (χ3v) is 6.16. The molecule has 6 heteroatoms. The minimum Gasteiger partial charge on any atom is -0.497 e. The first-order valence-electron chi connectivity index (χ1n) is 11.0. The molecule has 4 rings (SSSR count). The summed E-state index contributed by atoms with van der Waals surface area (Å²) in [6, 6.07) is 18.3. The summed E-state index contributed by atoms with van der Waals surface area (Å²) in [7, 11) is 3.30. The average molecular weight is 444 g/mol. The molecule has 0 saturated heterocycles. The van der Waals surface area contributed by atoms with Crippen LogP contribution in [0.2, 0.25) is 0 Å². The van der Waals surface area contributed by atoms with Crippen LogP contribution in [0.3, 0.4) is 0 Å². The molecule has 2 aliphatic heterocycles. The first kappa shape index (κ1) is 22.5. The van der Waals surface area contributed by atoms with Crippen molar-refractivity contribution in [2.24, 2.45) is 5.73 Å². The smallest absolute Gasteiger partial charge is 0.205 e. The van der Waals surface area contributed by atoms with Crippen LogP contribution in [0.1, 0.15) is 30.9 Å². The number of hydrogen-bond donors (Lipinski definition) is 1. The Morgan fingerprint density at radius 3 is 2.45 bits per heavy atom. The first-order chi connectivity index (χ1) is 15.9. The number of methoxy groups -OCH3 is 2. The summed E-state index contributed by atoms with van der Waals surface area (Å²) in [5.41, 5.74) is 10.7. The van der Waals surface area contributed by atoms with Gasteiger partial charge in [-0.25, -0.2) is 0 Å². The van der Waals surface area contributed by atoms with Crippen LogP contribution in [0.15, 0.2) is 76.9 Å². The molecule has 6 nitrogen and oxygen atoms in total. The molecule has 2 aromatic carbocycles. The van der Waals surface area contributed by atoms with E-state index < -0.39 is 0 Å². The number of nitriles is 1. The molecule has 1 unspecified atom stereocenters. The molecule has 2 aliphatic rings. The molecule has 0 amide bonds. The van der Waals surface area contributed by atoms with E-state index in [4.69, 9.17) is 19.9 Å². The fraction of sp³-hybridized carbons (Fsp3) is 0.296. The van der Waals surface area contributed by atoms with E-state index in [1.807, 2.05) is 48.5 Å². The van der Waals surface area contributed by atoms with Crippen molar-refractivity contribution in [3.05, 3.63) is 88.0 Å². The van der Waals surface area contributed by atoms with Crippen LogP contribution in [-0.2, 0) is 4.74 Å². The first-order valence-corrected chi connectivity index (χ1v) is 11.0. The Labute approximate surface area is 195 Å². The lowest BCUT2D eigenvalue weighted by molar-refractivity contribution is 0.208. The highest BCUT2D eigenvalue weighted by atomic mass is 16.5. The number of nitrogens with two attached hydrogens (primary N) is 1.